The third-order valence-electron chi connectivity index (χ3n) is 4.58. The van der Waals surface area contributed by atoms with E-state index >= 15 is 0 Å². The Morgan fingerprint density at radius 1 is 1.23 bits per heavy atom. The van der Waals surface area contributed by atoms with Crippen LogP contribution in [0, 0.1) is 17.8 Å². The number of nitrogens with zero attached hydrogens (tertiary/aromatic N) is 4. The number of carboxylic acid groups (broad SMARTS) is 1. The first-order valence-electron chi connectivity index (χ1n) is 9.14. The molecule has 0 bridgehead atoms. The fraction of sp³-hybridized carbons (Fsp3) is 0.300. The van der Waals surface area contributed by atoms with E-state index in [1.807, 2.05) is 0 Å². The number of hydrogen-bond donors (Lipinski definition) is 4. The molecule has 0 amide bonds. The highest BCUT2D eigenvalue weighted by atomic mass is 35.5. The molecular formula is C20H20ClN5O4. The summed E-state index contributed by atoms with van der Waals surface area (Å²) in [5, 5.41) is 33.7. The van der Waals surface area contributed by atoms with Crippen molar-refractivity contribution in [3.8, 4) is 11.8 Å². The minimum atomic E-state index is -1.56. The highest BCUT2D eigenvalue weighted by Gasteiger charge is 2.32. The third kappa shape index (κ3) is 4.36. The predicted octanol–water partition coefficient (Wildman–Crippen LogP) is 1.88. The van der Waals surface area contributed by atoms with Crippen LogP contribution in [-0.4, -0.2) is 54.0 Å². The van der Waals surface area contributed by atoms with Gasteiger partial charge in [-0.25, -0.2) is 15.0 Å². The summed E-state index contributed by atoms with van der Waals surface area (Å²) in [6.07, 6.45) is -1.69. The number of aliphatic hydroxyl groups excluding tert-OH is 2. The number of fused-ring (bicyclic) bond motifs is 1. The minimum Gasteiger partial charge on any atom is -0.481 e. The molecule has 0 spiro atoms. The molecule has 3 atom stereocenters. The number of benzene rings is 1. The topological polar surface area (TPSA) is 133 Å². The largest absolute Gasteiger partial charge is 0.481 e. The second-order valence-electron chi connectivity index (χ2n) is 6.48. The first-order chi connectivity index (χ1) is 14.3. The highest BCUT2D eigenvalue weighted by Crippen LogP contribution is 2.25. The van der Waals surface area contributed by atoms with Gasteiger partial charge in [-0.15, -0.1) is 0 Å². The number of halogens is 1. The van der Waals surface area contributed by atoms with Crippen LogP contribution in [0.5, 0.6) is 0 Å². The first-order valence-corrected chi connectivity index (χ1v) is 9.52. The zero-order valence-electron chi connectivity index (χ0n) is 16.2. The SMILES string of the molecule is CC[C@H](C(=O)O)[C@@H](O)[C@@H](O)n1cnc2c(NC)nc(C#Cc3ccc(Cl)cc3)nc21. The van der Waals surface area contributed by atoms with Gasteiger partial charge in [-0.05, 0) is 36.6 Å². The molecule has 2 aromatic heterocycles. The standard InChI is InChI=1S/C20H20ClN5O4/c1-3-13(20(29)30)16(27)19(28)26-10-23-15-17(22-2)24-14(25-18(15)26)9-6-11-4-7-12(21)8-5-11/h4-5,7-8,10,13,16,19,27-28H,3H2,1-2H3,(H,29,30)(H,22,24,25)/t13-,16+,19+/m0/s1. The normalized spacial score (nSPS) is 13.9. The molecule has 0 aliphatic heterocycles. The smallest absolute Gasteiger partial charge is 0.309 e. The van der Waals surface area contributed by atoms with Crippen molar-refractivity contribution in [2.45, 2.75) is 25.7 Å². The Morgan fingerprint density at radius 2 is 1.93 bits per heavy atom. The number of anilines is 1. The van der Waals surface area contributed by atoms with Gasteiger partial charge in [-0.1, -0.05) is 24.4 Å². The molecule has 0 aliphatic carbocycles. The number of aromatic nitrogens is 4. The van der Waals surface area contributed by atoms with Crippen molar-refractivity contribution in [1.29, 1.82) is 0 Å². The Morgan fingerprint density at radius 3 is 2.53 bits per heavy atom. The fourth-order valence-corrected chi connectivity index (χ4v) is 3.06. The van der Waals surface area contributed by atoms with Crippen molar-refractivity contribution in [3.63, 3.8) is 0 Å². The summed E-state index contributed by atoms with van der Waals surface area (Å²) >= 11 is 5.87. The van der Waals surface area contributed by atoms with Gasteiger partial charge in [0.15, 0.2) is 23.2 Å². The van der Waals surface area contributed by atoms with Crippen molar-refractivity contribution >= 4 is 34.6 Å². The van der Waals surface area contributed by atoms with E-state index < -0.39 is 24.2 Å². The summed E-state index contributed by atoms with van der Waals surface area (Å²) in [5.74, 6) is 3.98. The number of imidazole rings is 1. The Hall–Kier alpha value is -3.19. The molecule has 9 nitrogen and oxygen atoms in total. The number of carbonyl (C=O) groups is 1. The van der Waals surface area contributed by atoms with Crippen LogP contribution in [0.1, 0.15) is 31.0 Å². The maximum Gasteiger partial charge on any atom is 0.309 e. The van der Waals surface area contributed by atoms with Gasteiger partial charge in [0.1, 0.15) is 6.10 Å². The molecule has 0 aliphatic rings. The van der Waals surface area contributed by atoms with Gasteiger partial charge in [0, 0.05) is 17.6 Å². The third-order valence-corrected chi connectivity index (χ3v) is 4.83. The van der Waals surface area contributed by atoms with Crippen LogP contribution in [-0.2, 0) is 4.79 Å². The van der Waals surface area contributed by atoms with E-state index in [4.69, 9.17) is 11.6 Å². The molecule has 30 heavy (non-hydrogen) atoms. The van der Waals surface area contributed by atoms with Crippen LogP contribution in [0.25, 0.3) is 11.2 Å². The average Bonchev–Trinajstić information content (AvgIpc) is 3.16. The number of aliphatic carboxylic acids is 1. The van der Waals surface area contributed by atoms with E-state index in [0.717, 1.165) is 0 Å². The van der Waals surface area contributed by atoms with Crippen LogP contribution in [0.2, 0.25) is 5.02 Å². The molecule has 0 radical (unpaired) electrons. The van der Waals surface area contributed by atoms with Crippen LogP contribution in [0.4, 0.5) is 5.82 Å². The fourth-order valence-electron chi connectivity index (χ4n) is 2.94. The minimum absolute atomic E-state index is 0.148. The van der Waals surface area contributed by atoms with E-state index in [1.54, 1.807) is 38.2 Å². The van der Waals surface area contributed by atoms with Crippen molar-refractivity contribution in [1.82, 2.24) is 19.5 Å². The Labute approximate surface area is 177 Å². The molecule has 4 N–H and O–H groups in total. The molecule has 156 valence electrons. The Balaban J connectivity index is 2.03. The van der Waals surface area contributed by atoms with E-state index in [9.17, 15) is 20.1 Å². The lowest BCUT2D eigenvalue weighted by atomic mass is 9.98. The van der Waals surface area contributed by atoms with Gasteiger partial charge in [-0.3, -0.25) is 9.36 Å². The molecule has 0 saturated heterocycles. The highest BCUT2D eigenvalue weighted by molar-refractivity contribution is 6.30. The van der Waals surface area contributed by atoms with E-state index in [1.165, 1.54) is 10.9 Å². The molecule has 10 heteroatoms. The van der Waals surface area contributed by atoms with Crippen molar-refractivity contribution < 1.29 is 20.1 Å². The van der Waals surface area contributed by atoms with Crippen molar-refractivity contribution in [2.75, 3.05) is 12.4 Å². The summed E-state index contributed by atoms with van der Waals surface area (Å²) < 4.78 is 1.21. The zero-order valence-corrected chi connectivity index (χ0v) is 17.0. The summed E-state index contributed by atoms with van der Waals surface area (Å²) in [6, 6.07) is 6.95. The monoisotopic (exact) mass is 429 g/mol. The number of rotatable bonds is 6. The molecule has 1 aromatic carbocycles. The molecule has 0 saturated carbocycles. The molecule has 3 aromatic rings. The summed E-state index contributed by atoms with van der Waals surface area (Å²) in [6.45, 7) is 1.62. The van der Waals surface area contributed by atoms with Gasteiger partial charge in [0.05, 0.1) is 12.2 Å². The summed E-state index contributed by atoms with van der Waals surface area (Å²) in [7, 11) is 1.65. The van der Waals surface area contributed by atoms with Gasteiger partial charge in [0.25, 0.3) is 0 Å². The van der Waals surface area contributed by atoms with E-state index in [2.05, 4.69) is 32.1 Å². The van der Waals surface area contributed by atoms with Gasteiger partial charge in [-0.2, -0.15) is 0 Å². The quantitative estimate of drug-likeness (QED) is 0.436. The Bertz CT molecular complexity index is 1120. The maximum absolute atomic E-state index is 11.3. The molecule has 2 heterocycles. The number of carboxylic acids is 1. The lowest BCUT2D eigenvalue weighted by molar-refractivity contribution is -0.152. The lowest BCUT2D eigenvalue weighted by Gasteiger charge is -2.23. The Kier molecular flexibility index (Phi) is 6.52. The number of nitrogens with one attached hydrogen (secondary N) is 1. The second-order valence-corrected chi connectivity index (χ2v) is 6.92. The molecule has 0 fully saturated rings. The van der Waals surface area contributed by atoms with Gasteiger partial charge < -0.3 is 20.6 Å². The average molecular weight is 430 g/mol. The zero-order chi connectivity index (χ0) is 21.8. The molecule has 3 rings (SSSR count). The molecule has 0 unspecified atom stereocenters. The van der Waals surface area contributed by atoms with Crippen molar-refractivity contribution in [2.24, 2.45) is 5.92 Å². The van der Waals surface area contributed by atoms with E-state index in [-0.39, 0.29) is 17.9 Å². The van der Waals surface area contributed by atoms with Crippen LogP contribution in [0.3, 0.4) is 0 Å². The van der Waals surface area contributed by atoms with Crippen LogP contribution >= 0.6 is 11.6 Å². The number of aliphatic hydroxyl groups is 2. The lowest BCUT2D eigenvalue weighted by Crippen LogP contribution is -2.35. The molecular weight excluding hydrogens is 410 g/mol. The maximum atomic E-state index is 11.3. The summed E-state index contributed by atoms with van der Waals surface area (Å²) in [4.78, 5) is 24.2. The predicted molar refractivity (Wildman–Crippen MR) is 111 cm³/mol. The number of hydrogen-bond acceptors (Lipinski definition) is 7. The van der Waals surface area contributed by atoms with Crippen LogP contribution < -0.4 is 5.32 Å². The van der Waals surface area contributed by atoms with Crippen molar-refractivity contribution in [3.05, 3.63) is 47.0 Å². The van der Waals surface area contributed by atoms with Gasteiger partial charge in [0.2, 0.25) is 5.82 Å². The van der Waals surface area contributed by atoms with Crippen LogP contribution in [0.15, 0.2) is 30.6 Å². The first kappa shape index (κ1) is 21.5. The van der Waals surface area contributed by atoms with E-state index in [0.29, 0.717) is 21.9 Å². The second kappa shape index (κ2) is 9.09. The summed E-state index contributed by atoms with van der Waals surface area (Å²) in [5.41, 5.74) is 1.27. The van der Waals surface area contributed by atoms with Gasteiger partial charge >= 0.3 is 5.97 Å².